The normalized spacial score (nSPS) is 15.0. The number of hydrogen-bond donors (Lipinski definition) is 1. The van der Waals surface area contributed by atoms with Gasteiger partial charge >= 0.3 is 6.09 Å². The number of rotatable bonds is 4. The van der Waals surface area contributed by atoms with Crippen LogP contribution in [0.1, 0.15) is 18.4 Å². The SMILES string of the molecule is O=C(O)N1CCC(Cc2ccc(-c3ccc(-n4cnnn4)cc3F)cc2)CC1. The Morgan fingerprint density at radius 2 is 1.89 bits per heavy atom. The zero-order chi connectivity index (χ0) is 19.5. The van der Waals surface area contributed by atoms with Crippen molar-refractivity contribution in [3.63, 3.8) is 0 Å². The van der Waals surface area contributed by atoms with Gasteiger partial charge in [0.1, 0.15) is 12.1 Å². The Morgan fingerprint density at radius 1 is 1.14 bits per heavy atom. The van der Waals surface area contributed by atoms with Gasteiger partial charge in [0, 0.05) is 24.7 Å². The van der Waals surface area contributed by atoms with E-state index in [9.17, 15) is 9.18 Å². The average molecular weight is 381 g/mol. The van der Waals surface area contributed by atoms with E-state index in [1.165, 1.54) is 27.5 Å². The molecule has 1 N–H and O–H groups in total. The first-order valence-corrected chi connectivity index (χ1v) is 9.20. The summed E-state index contributed by atoms with van der Waals surface area (Å²) in [6, 6.07) is 12.8. The number of piperidine rings is 1. The van der Waals surface area contributed by atoms with Crippen molar-refractivity contribution < 1.29 is 14.3 Å². The fourth-order valence-corrected chi connectivity index (χ4v) is 3.64. The molecule has 1 aliphatic heterocycles. The van der Waals surface area contributed by atoms with Gasteiger partial charge in [0.05, 0.1) is 5.69 Å². The van der Waals surface area contributed by atoms with Crippen molar-refractivity contribution in [3.8, 4) is 16.8 Å². The molecule has 144 valence electrons. The summed E-state index contributed by atoms with van der Waals surface area (Å²) < 4.78 is 16.0. The number of likely N-dealkylation sites (tertiary alicyclic amines) is 1. The minimum atomic E-state index is -0.837. The van der Waals surface area contributed by atoms with Crippen LogP contribution in [0.3, 0.4) is 0 Å². The molecule has 8 heteroatoms. The summed E-state index contributed by atoms with van der Waals surface area (Å²) in [7, 11) is 0. The van der Waals surface area contributed by atoms with Crippen molar-refractivity contribution in [2.45, 2.75) is 19.3 Å². The Labute approximate surface area is 161 Å². The summed E-state index contributed by atoms with van der Waals surface area (Å²) in [4.78, 5) is 12.5. The van der Waals surface area contributed by atoms with Crippen molar-refractivity contribution in [2.24, 2.45) is 5.92 Å². The maximum atomic E-state index is 14.6. The molecule has 2 aromatic carbocycles. The highest BCUT2D eigenvalue weighted by Gasteiger charge is 2.22. The highest BCUT2D eigenvalue weighted by Crippen LogP contribution is 2.27. The van der Waals surface area contributed by atoms with Gasteiger partial charge in [-0.15, -0.1) is 5.10 Å². The van der Waals surface area contributed by atoms with Crippen LogP contribution in [-0.4, -0.2) is 49.4 Å². The second kappa shape index (κ2) is 7.75. The number of tetrazole rings is 1. The van der Waals surface area contributed by atoms with Gasteiger partial charge in [-0.05, 0) is 58.9 Å². The number of nitrogens with zero attached hydrogens (tertiary/aromatic N) is 5. The lowest BCUT2D eigenvalue weighted by molar-refractivity contribution is 0.124. The van der Waals surface area contributed by atoms with E-state index >= 15 is 0 Å². The first kappa shape index (κ1) is 18.1. The molecule has 0 atom stereocenters. The van der Waals surface area contributed by atoms with Gasteiger partial charge in [-0.25, -0.2) is 13.9 Å². The number of benzene rings is 2. The lowest BCUT2D eigenvalue weighted by Crippen LogP contribution is -2.37. The van der Waals surface area contributed by atoms with Crippen molar-refractivity contribution in [1.82, 2.24) is 25.1 Å². The quantitative estimate of drug-likeness (QED) is 0.749. The maximum Gasteiger partial charge on any atom is 0.407 e. The van der Waals surface area contributed by atoms with Crippen LogP contribution >= 0.6 is 0 Å². The lowest BCUT2D eigenvalue weighted by Gasteiger charge is -2.30. The molecule has 1 aromatic heterocycles. The number of hydrogen-bond acceptors (Lipinski definition) is 4. The third-order valence-corrected chi connectivity index (χ3v) is 5.24. The molecule has 1 fully saturated rings. The molecule has 0 bridgehead atoms. The molecule has 3 aromatic rings. The standard InChI is InChI=1S/C20H20FN5O2/c21-19-12-17(26-13-22-23-24-26)5-6-18(19)16-3-1-14(2-4-16)11-15-7-9-25(10-8-15)20(27)28/h1-6,12-13,15H,7-11H2,(H,27,28). The topological polar surface area (TPSA) is 84.1 Å². The molecule has 7 nitrogen and oxygen atoms in total. The van der Waals surface area contributed by atoms with E-state index in [-0.39, 0.29) is 5.82 Å². The molecule has 0 radical (unpaired) electrons. The van der Waals surface area contributed by atoms with Crippen LogP contribution in [-0.2, 0) is 6.42 Å². The van der Waals surface area contributed by atoms with Crippen LogP contribution in [0.5, 0.6) is 0 Å². The van der Waals surface area contributed by atoms with Crippen molar-refractivity contribution in [3.05, 3.63) is 60.2 Å². The van der Waals surface area contributed by atoms with Crippen LogP contribution < -0.4 is 0 Å². The summed E-state index contributed by atoms with van der Waals surface area (Å²) in [6.45, 7) is 1.19. The molecule has 28 heavy (non-hydrogen) atoms. The van der Waals surface area contributed by atoms with E-state index in [2.05, 4.69) is 15.5 Å². The Balaban J connectivity index is 1.43. The number of carbonyl (C=O) groups is 1. The summed E-state index contributed by atoms with van der Waals surface area (Å²) >= 11 is 0. The molecule has 0 aliphatic carbocycles. The fraction of sp³-hybridized carbons (Fsp3) is 0.300. The minimum Gasteiger partial charge on any atom is -0.465 e. The van der Waals surface area contributed by atoms with Gasteiger partial charge < -0.3 is 10.0 Å². The number of carboxylic acid groups (broad SMARTS) is 1. The van der Waals surface area contributed by atoms with Crippen molar-refractivity contribution in [1.29, 1.82) is 0 Å². The van der Waals surface area contributed by atoms with Gasteiger partial charge in [0.15, 0.2) is 0 Å². The van der Waals surface area contributed by atoms with E-state index in [4.69, 9.17) is 5.11 Å². The first-order chi connectivity index (χ1) is 13.6. The molecule has 0 saturated carbocycles. The molecule has 4 rings (SSSR count). The Hall–Kier alpha value is -3.29. The second-order valence-electron chi connectivity index (χ2n) is 7.03. The molecule has 2 heterocycles. The van der Waals surface area contributed by atoms with Crippen LogP contribution in [0, 0.1) is 11.7 Å². The number of halogens is 1. The van der Waals surface area contributed by atoms with Gasteiger partial charge in [-0.3, -0.25) is 0 Å². The zero-order valence-electron chi connectivity index (χ0n) is 15.2. The van der Waals surface area contributed by atoms with Gasteiger partial charge in [-0.1, -0.05) is 24.3 Å². The first-order valence-electron chi connectivity index (χ1n) is 9.20. The van der Waals surface area contributed by atoms with E-state index < -0.39 is 6.09 Å². The van der Waals surface area contributed by atoms with E-state index in [1.807, 2.05) is 24.3 Å². The molecule has 1 saturated heterocycles. The maximum absolute atomic E-state index is 14.6. The fourth-order valence-electron chi connectivity index (χ4n) is 3.64. The molecular weight excluding hydrogens is 361 g/mol. The summed E-state index contributed by atoms with van der Waals surface area (Å²) in [6.07, 6.45) is 3.25. The Morgan fingerprint density at radius 3 is 2.50 bits per heavy atom. The monoisotopic (exact) mass is 381 g/mol. The largest absolute Gasteiger partial charge is 0.465 e. The molecule has 0 unspecified atom stereocenters. The van der Waals surface area contributed by atoms with Gasteiger partial charge in [-0.2, -0.15) is 0 Å². The van der Waals surface area contributed by atoms with Gasteiger partial charge in [0.2, 0.25) is 0 Å². The molecule has 1 aliphatic rings. The van der Waals surface area contributed by atoms with Gasteiger partial charge in [0.25, 0.3) is 0 Å². The average Bonchev–Trinajstić information content (AvgIpc) is 3.24. The molecule has 1 amide bonds. The summed E-state index contributed by atoms with van der Waals surface area (Å²) in [5.74, 6) is 0.149. The zero-order valence-corrected chi connectivity index (χ0v) is 15.2. The Bertz CT molecular complexity index is 951. The van der Waals surface area contributed by atoms with Crippen LogP contribution in [0.15, 0.2) is 48.8 Å². The third-order valence-electron chi connectivity index (χ3n) is 5.24. The molecule has 0 spiro atoms. The predicted octanol–water partition coefficient (Wildman–Crippen LogP) is 3.40. The van der Waals surface area contributed by atoms with Crippen LogP contribution in [0.4, 0.5) is 9.18 Å². The number of aromatic nitrogens is 4. The third kappa shape index (κ3) is 3.85. The number of amides is 1. The summed E-state index contributed by atoms with van der Waals surface area (Å²) in [5, 5.41) is 19.9. The molecular formula is C20H20FN5O2. The van der Waals surface area contributed by atoms with E-state index in [0.29, 0.717) is 30.3 Å². The van der Waals surface area contributed by atoms with Crippen LogP contribution in [0.2, 0.25) is 0 Å². The smallest absolute Gasteiger partial charge is 0.407 e. The highest BCUT2D eigenvalue weighted by molar-refractivity contribution is 5.66. The minimum absolute atomic E-state index is 0.332. The predicted molar refractivity (Wildman–Crippen MR) is 101 cm³/mol. The van der Waals surface area contributed by atoms with E-state index in [0.717, 1.165) is 24.8 Å². The van der Waals surface area contributed by atoms with Crippen molar-refractivity contribution in [2.75, 3.05) is 13.1 Å². The van der Waals surface area contributed by atoms with E-state index in [1.54, 1.807) is 12.1 Å². The highest BCUT2D eigenvalue weighted by atomic mass is 19.1. The van der Waals surface area contributed by atoms with Crippen molar-refractivity contribution >= 4 is 6.09 Å². The summed E-state index contributed by atoms with van der Waals surface area (Å²) in [5.41, 5.74) is 3.09. The van der Waals surface area contributed by atoms with Crippen LogP contribution in [0.25, 0.3) is 16.8 Å². The lowest BCUT2D eigenvalue weighted by atomic mass is 9.89. The second-order valence-corrected chi connectivity index (χ2v) is 7.03. The Kier molecular flexibility index (Phi) is 5.01.